The number of fused-ring (bicyclic) bond motifs is 1. The van der Waals surface area contributed by atoms with Crippen LogP contribution in [0.25, 0.3) is 17.0 Å². The SMILES string of the molecule is COc1c(C(=O)C=Cc2ccccc2)c(OCCN2CCCC2)c(OC)c2occc12.O=C(O)C=CC(=O)O. The summed E-state index contributed by atoms with van der Waals surface area (Å²) in [5.74, 6) is -1.57. The second kappa shape index (κ2) is 14.4. The van der Waals surface area contributed by atoms with E-state index in [4.69, 9.17) is 28.8 Å². The van der Waals surface area contributed by atoms with Crippen molar-refractivity contribution >= 4 is 34.8 Å². The van der Waals surface area contributed by atoms with E-state index in [-0.39, 0.29) is 5.78 Å². The molecule has 2 N–H and O–H groups in total. The molecule has 2 aromatic carbocycles. The van der Waals surface area contributed by atoms with Crippen molar-refractivity contribution in [1.29, 1.82) is 0 Å². The van der Waals surface area contributed by atoms with Crippen molar-refractivity contribution in [3.05, 3.63) is 72.0 Å². The highest BCUT2D eigenvalue weighted by molar-refractivity contribution is 6.15. The summed E-state index contributed by atoms with van der Waals surface area (Å²) in [5.41, 5.74) is 1.77. The molecule has 10 heteroatoms. The number of carboxylic acids is 2. The van der Waals surface area contributed by atoms with Crippen molar-refractivity contribution < 1.29 is 43.2 Å². The maximum Gasteiger partial charge on any atom is 0.328 e. The maximum absolute atomic E-state index is 13.3. The van der Waals surface area contributed by atoms with Gasteiger partial charge in [0.05, 0.1) is 25.9 Å². The van der Waals surface area contributed by atoms with Crippen LogP contribution in [0.15, 0.2) is 65.3 Å². The molecule has 0 saturated carbocycles. The van der Waals surface area contributed by atoms with Gasteiger partial charge in [0, 0.05) is 18.7 Å². The van der Waals surface area contributed by atoms with E-state index in [1.165, 1.54) is 18.9 Å². The summed E-state index contributed by atoms with van der Waals surface area (Å²) in [6.07, 6.45) is 8.41. The molecule has 0 aliphatic carbocycles. The molecule has 39 heavy (non-hydrogen) atoms. The molecular weight excluding hydrogens is 506 g/mol. The molecule has 3 aromatic rings. The Morgan fingerprint density at radius 2 is 1.54 bits per heavy atom. The van der Waals surface area contributed by atoms with Gasteiger partial charge in [-0.05, 0) is 43.6 Å². The number of aliphatic carboxylic acids is 2. The molecular formula is C29H31NO9. The van der Waals surface area contributed by atoms with E-state index in [1.807, 2.05) is 30.3 Å². The molecule has 0 atom stereocenters. The van der Waals surface area contributed by atoms with E-state index in [0.29, 0.717) is 52.5 Å². The highest BCUT2D eigenvalue weighted by Crippen LogP contribution is 2.46. The summed E-state index contributed by atoms with van der Waals surface area (Å²) in [5, 5.41) is 16.3. The van der Waals surface area contributed by atoms with E-state index in [9.17, 15) is 14.4 Å². The van der Waals surface area contributed by atoms with Gasteiger partial charge in [-0.15, -0.1) is 0 Å². The van der Waals surface area contributed by atoms with Crippen molar-refractivity contribution in [1.82, 2.24) is 4.90 Å². The Balaban J connectivity index is 0.000000459. The molecule has 2 heterocycles. The standard InChI is InChI=1S/C25H27NO5.C4H4O4/c1-28-22-19-12-16-30-23(19)25(29-2)24(31-17-15-26-13-6-7-14-26)21(22)20(27)11-10-18-8-4-3-5-9-18;5-3(6)1-2-4(7)8/h3-5,8-12,16H,6-7,13-15,17H2,1-2H3;1-2H,(H,5,6)(H,7,8). The Morgan fingerprint density at radius 3 is 2.13 bits per heavy atom. The van der Waals surface area contributed by atoms with Gasteiger partial charge in [-0.1, -0.05) is 36.4 Å². The molecule has 0 amide bonds. The molecule has 206 valence electrons. The molecule has 1 aliphatic heterocycles. The molecule has 0 spiro atoms. The lowest BCUT2D eigenvalue weighted by atomic mass is 10.0. The van der Waals surface area contributed by atoms with Crippen LogP contribution in [0.5, 0.6) is 17.2 Å². The number of carbonyl (C=O) groups is 3. The van der Waals surface area contributed by atoms with Gasteiger partial charge in [0.2, 0.25) is 5.75 Å². The lowest BCUT2D eigenvalue weighted by Gasteiger charge is -2.19. The van der Waals surface area contributed by atoms with Gasteiger partial charge in [0.1, 0.15) is 17.9 Å². The van der Waals surface area contributed by atoms with Crippen LogP contribution in [-0.2, 0) is 9.59 Å². The Hall–Kier alpha value is -4.57. The predicted octanol–water partition coefficient (Wildman–Crippen LogP) is 4.53. The predicted molar refractivity (Wildman–Crippen MR) is 145 cm³/mol. The van der Waals surface area contributed by atoms with E-state index >= 15 is 0 Å². The Morgan fingerprint density at radius 1 is 0.897 bits per heavy atom. The Labute approximate surface area is 225 Å². The number of carboxylic acid groups (broad SMARTS) is 2. The van der Waals surface area contributed by atoms with Crippen LogP contribution in [0.3, 0.4) is 0 Å². The number of ketones is 1. The molecule has 1 saturated heterocycles. The molecule has 0 radical (unpaired) electrons. The largest absolute Gasteiger partial charge is 0.495 e. The monoisotopic (exact) mass is 537 g/mol. The number of carbonyl (C=O) groups excluding carboxylic acids is 1. The fourth-order valence-electron chi connectivity index (χ4n) is 4.12. The summed E-state index contributed by atoms with van der Waals surface area (Å²) >= 11 is 0. The minimum absolute atomic E-state index is 0.224. The number of benzene rings is 2. The van der Waals surface area contributed by atoms with Gasteiger partial charge in [-0.25, -0.2) is 9.59 Å². The first-order valence-corrected chi connectivity index (χ1v) is 12.3. The van der Waals surface area contributed by atoms with Crippen LogP contribution < -0.4 is 14.2 Å². The molecule has 0 unspecified atom stereocenters. The second-order valence-electron chi connectivity index (χ2n) is 8.45. The summed E-state index contributed by atoms with van der Waals surface area (Å²) < 4.78 is 23.1. The lowest BCUT2D eigenvalue weighted by Crippen LogP contribution is -2.25. The Kier molecular flexibility index (Phi) is 10.7. The Bertz CT molecular complexity index is 1320. The van der Waals surface area contributed by atoms with Crippen molar-refractivity contribution in [2.75, 3.05) is 40.5 Å². The third-order valence-electron chi connectivity index (χ3n) is 5.88. The fourth-order valence-corrected chi connectivity index (χ4v) is 4.12. The number of furan rings is 1. The molecule has 0 bridgehead atoms. The number of hydrogen-bond donors (Lipinski definition) is 2. The zero-order valence-electron chi connectivity index (χ0n) is 21.8. The van der Waals surface area contributed by atoms with Crippen LogP contribution in [0, 0.1) is 0 Å². The van der Waals surface area contributed by atoms with Gasteiger partial charge in [0.15, 0.2) is 17.1 Å². The smallest absolute Gasteiger partial charge is 0.328 e. The van der Waals surface area contributed by atoms with Gasteiger partial charge in [0.25, 0.3) is 0 Å². The van der Waals surface area contributed by atoms with E-state index in [2.05, 4.69) is 4.90 Å². The van der Waals surface area contributed by atoms with Crippen LogP contribution >= 0.6 is 0 Å². The minimum atomic E-state index is -1.26. The summed E-state index contributed by atoms with van der Waals surface area (Å²) in [6.45, 7) is 3.38. The number of allylic oxidation sites excluding steroid dienone is 1. The quantitative estimate of drug-likeness (QED) is 0.265. The third-order valence-corrected chi connectivity index (χ3v) is 5.88. The van der Waals surface area contributed by atoms with E-state index in [1.54, 1.807) is 32.6 Å². The molecule has 1 fully saturated rings. The van der Waals surface area contributed by atoms with Crippen LogP contribution in [0.4, 0.5) is 0 Å². The van der Waals surface area contributed by atoms with Crippen LogP contribution in [0.1, 0.15) is 28.8 Å². The fraction of sp³-hybridized carbons (Fsp3) is 0.276. The van der Waals surface area contributed by atoms with Gasteiger partial charge >= 0.3 is 11.9 Å². The lowest BCUT2D eigenvalue weighted by molar-refractivity contribution is -0.134. The number of ether oxygens (including phenoxy) is 3. The van der Waals surface area contributed by atoms with Gasteiger partial charge in [-0.3, -0.25) is 9.69 Å². The minimum Gasteiger partial charge on any atom is -0.495 e. The number of rotatable bonds is 11. The highest BCUT2D eigenvalue weighted by Gasteiger charge is 2.28. The number of hydrogen-bond acceptors (Lipinski definition) is 8. The van der Waals surface area contributed by atoms with E-state index in [0.717, 1.165) is 25.2 Å². The number of likely N-dealkylation sites (tertiary alicyclic amines) is 1. The summed E-state index contributed by atoms with van der Waals surface area (Å²) in [4.78, 5) is 34.8. The number of nitrogens with zero attached hydrogens (tertiary/aromatic N) is 1. The average molecular weight is 538 g/mol. The van der Waals surface area contributed by atoms with Crippen molar-refractivity contribution in [2.24, 2.45) is 0 Å². The van der Waals surface area contributed by atoms with Crippen LogP contribution in [0.2, 0.25) is 0 Å². The van der Waals surface area contributed by atoms with E-state index < -0.39 is 11.9 Å². The highest BCUT2D eigenvalue weighted by atomic mass is 16.5. The summed E-state index contributed by atoms with van der Waals surface area (Å²) in [7, 11) is 3.09. The first-order chi connectivity index (χ1) is 18.8. The zero-order valence-corrected chi connectivity index (χ0v) is 21.8. The van der Waals surface area contributed by atoms with Crippen molar-refractivity contribution in [3.63, 3.8) is 0 Å². The zero-order chi connectivity index (χ0) is 28.2. The third kappa shape index (κ3) is 7.96. The topological polar surface area (TPSA) is 136 Å². The van der Waals surface area contributed by atoms with Crippen molar-refractivity contribution in [3.8, 4) is 17.2 Å². The first kappa shape index (κ1) is 29.0. The van der Waals surface area contributed by atoms with Crippen molar-refractivity contribution in [2.45, 2.75) is 12.8 Å². The molecule has 10 nitrogen and oxygen atoms in total. The first-order valence-electron chi connectivity index (χ1n) is 12.3. The van der Waals surface area contributed by atoms with Gasteiger partial charge < -0.3 is 28.8 Å². The van der Waals surface area contributed by atoms with Crippen LogP contribution in [-0.4, -0.2) is 73.3 Å². The van der Waals surface area contributed by atoms with Gasteiger partial charge in [-0.2, -0.15) is 0 Å². The summed E-state index contributed by atoms with van der Waals surface area (Å²) in [6, 6.07) is 11.4. The average Bonchev–Trinajstić information content (AvgIpc) is 3.63. The maximum atomic E-state index is 13.3. The second-order valence-corrected chi connectivity index (χ2v) is 8.45. The molecule has 1 aliphatic rings. The molecule has 1 aromatic heterocycles. The normalized spacial score (nSPS) is 13.4. The molecule has 4 rings (SSSR count). The number of methoxy groups -OCH3 is 2.